The van der Waals surface area contributed by atoms with Crippen LogP contribution in [0.5, 0.6) is 0 Å². The van der Waals surface area contributed by atoms with Gasteiger partial charge in [0, 0.05) is 33.8 Å². The van der Waals surface area contributed by atoms with E-state index in [1.54, 1.807) is 14.2 Å². The van der Waals surface area contributed by atoms with Crippen molar-refractivity contribution in [3.05, 3.63) is 0 Å². The minimum Gasteiger partial charge on any atom is -0.382 e. The third-order valence-corrected chi connectivity index (χ3v) is 3.72. The van der Waals surface area contributed by atoms with E-state index >= 15 is 0 Å². The predicted molar refractivity (Wildman–Crippen MR) is 72.6 cm³/mol. The van der Waals surface area contributed by atoms with Crippen LogP contribution in [0, 0.1) is 0 Å². The first-order valence-corrected chi connectivity index (χ1v) is 7.00. The second kappa shape index (κ2) is 7.93. The Bertz CT molecular complexity index is 373. The number of ether oxygens (including phenoxy) is 4. The molecule has 0 saturated carbocycles. The van der Waals surface area contributed by atoms with E-state index in [0.717, 1.165) is 0 Å². The van der Waals surface area contributed by atoms with Crippen molar-refractivity contribution in [1.29, 1.82) is 0 Å². The van der Waals surface area contributed by atoms with Crippen LogP contribution in [0.1, 0.15) is 28.4 Å². The average molecular weight is 291 g/mol. The summed E-state index contributed by atoms with van der Waals surface area (Å²) < 4.78 is 36.4. The Balaban J connectivity index is 1.75. The fraction of sp³-hybridized carbons (Fsp3) is 0.929. The van der Waals surface area contributed by atoms with Crippen LogP contribution in [0.15, 0.2) is 0 Å². The van der Waals surface area contributed by atoms with Crippen LogP contribution in [-0.2, 0) is 23.7 Å². The molecule has 0 aliphatic carbocycles. The number of hydrogen-bond donors (Lipinski definition) is 1. The van der Waals surface area contributed by atoms with Gasteiger partial charge in [-0.15, -0.1) is 0 Å². The number of methoxy groups -OCH3 is 2. The number of carbonyl (C=O) groups excluding carboxylic acids is 1. The molecule has 1 amide bonds. The van der Waals surface area contributed by atoms with Gasteiger partial charge in [-0.3, -0.25) is 4.79 Å². The summed E-state index contributed by atoms with van der Waals surface area (Å²) in [5.41, 5.74) is 0. The Hall–Kier alpha value is -0.690. The van der Waals surface area contributed by atoms with Gasteiger partial charge >= 0.3 is 0 Å². The van der Waals surface area contributed by atoms with Crippen LogP contribution >= 0.6 is 0 Å². The van der Waals surface area contributed by atoms with Crippen molar-refractivity contribution in [3.8, 4) is 0 Å². The molecule has 0 aromatic carbocycles. The van der Waals surface area contributed by atoms with E-state index in [4.69, 9.17) is 21.7 Å². The van der Waals surface area contributed by atoms with Gasteiger partial charge in [0.15, 0.2) is 0 Å². The Kier molecular flexibility index (Phi) is 5.15. The van der Waals surface area contributed by atoms with Gasteiger partial charge < -0.3 is 24.3 Å². The topological polar surface area (TPSA) is 66.0 Å². The molecule has 2 fully saturated rings. The van der Waals surface area contributed by atoms with Gasteiger partial charge in [0.05, 0.1) is 27.6 Å². The fourth-order valence-electron chi connectivity index (χ4n) is 2.57. The normalized spacial score (nSPS) is 42.3. The summed E-state index contributed by atoms with van der Waals surface area (Å²) >= 11 is 0. The molecule has 2 heterocycles. The van der Waals surface area contributed by atoms with Gasteiger partial charge in [-0.05, 0) is 19.3 Å². The number of amides is 1. The van der Waals surface area contributed by atoms with Crippen molar-refractivity contribution < 1.29 is 26.5 Å². The summed E-state index contributed by atoms with van der Waals surface area (Å²) in [5.74, 6) is -0.101. The molecule has 0 unspecified atom stereocenters. The van der Waals surface area contributed by atoms with E-state index < -0.39 is 13.2 Å². The molecular formula is C14H25NO5. The van der Waals surface area contributed by atoms with Gasteiger partial charge in [-0.25, -0.2) is 0 Å². The third-order valence-electron chi connectivity index (χ3n) is 3.72. The molecule has 0 radical (unpaired) electrons. The molecule has 0 aromatic heterocycles. The van der Waals surface area contributed by atoms with Crippen LogP contribution in [0.2, 0.25) is 0 Å². The zero-order chi connectivity index (χ0) is 16.1. The smallest absolute Gasteiger partial charge is 0.220 e. The maximum atomic E-state index is 12.1. The predicted octanol–water partition coefficient (Wildman–Crippen LogP) is 0.491. The lowest BCUT2D eigenvalue weighted by Crippen LogP contribution is -2.42. The minimum atomic E-state index is -0.620. The average Bonchev–Trinajstić information content (AvgIpc) is 3.00. The number of hydrogen-bond acceptors (Lipinski definition) is 5. The summed E-state index contributed by atoms with van der Waals surface area (Å²) in [6.07, 6.45) is 1.22. The van der Waals surface area contributed by atoms with Gasteiger partial charge in [-0.1, -0.05) is 0 Å². The maximum Gasteiger partial charge on any atom is 0.220 e. The van der Waals surface area contributed by atoms with Crippen molar-refractivity contribution in [1.82, 2.24) is 5.32 Å². The summed E-state index contributed by atoms with van der Waals surface area (Å²) in [6, 6.07) is -0.193. The lowest BCUT2D eigenvalue weighted by molar-refractivity contribution is -0.123. The zero-order valence-corrected chi connectivity index (χ0v) is 12.0. The molecule has 2 aliphatic heterocycles. The Morgan fingerprint density at radius 2 is 2.05 bits per heavy atom. The van der Waals surface area contributed by atoms with E-state index in [2.05, 4.69) is 5.32 Å². The SMILES string of the molecule is [3H][C@H]1C[C@@H](NC(=O)CC[C@H]2O[C@@H]([3H])C[C@H]2OC)[C@@H](COC)O1. The van der Waals surface area contributed by atoms with Crippen molar-refractivity contribution >= 4 is 5.91 Å². The van der Waals surface area contributed by atoms with Crippen LogP contribution in [-0.4, -0.2) is 64.3 Å². The molecule has 6 heteroatoms. The molecular weight excluding hydrogens is 262 g/mol. The largest absolute Gasteiger partial charge is 0.382 e. The van der Waals surface area contributed by atoms with E-state index in [1.807, 2.05) is 0 Å². The zero-order valence-electron chi connectivity index (χ0n) is 14.0. The number of rotatable bonds is 7. The highest BCUT2D eigenvalue weighted by molar-refractivity contribution is 5.76. The Morgan fingerprint density at radius 3 is 2.80 bits per heavy atom. The lowest BCUT2D eigenvalue weighted by Gasteiger charge is -2.20. The van der Waals surface area contributed by atoms with Crippen molar-refractivity contribution in [2.45, 2.75) is 50.0 Å². The highest BCUT2D eigenvalue weighted by Gasteiger charge is 2.31. The highest BCUT2D eigenvalue weighted by atomic mass is 16.5. The lowest BCUT2D eigenvalue weighted by atomic mass is 10.1. The first kappa shape index (κ1) is 13.0. The monoisotopic (exact) mass is 291 g/mol. The summed E-state index contributed by atoms with van der Waals surface area (Å²) in [7, 11) is 3.16. The van der Waals surface area contributed by atoms with Crippen LogP contribution in [0.4, 0.5) is 0 Å². The van der Waals surface area contributed by atoms with Crippen LogP contribution in [0.25, 0.3) is 0 Å². The van der Waals surface area contributed by atoms with E-state index in [0.29, 0.717) is 32.3 Å². The summed E-state index contributed by atoms with van der Waals surface area (Å²) in [4.78, 5) is 12.1. The molecule has 6 atom stereocenters. The van der Waals surface area contributed by atoms with Gasteiger partial charge in [0.25, 0.3) is 0 Å². The van der Waals surface area contributed by atoms with E-state index in [9.17, 15) is 4.79 Å². The summed E-state index contributed by atoms with van der Waals surface area (Å²) in [5, 5.41) is 2.91. The maximum absolute atomic E-state index is 12.1. The Morgan fingerprint density at radius 1 is 1.30 bits per heavy atom. The van der Waals surface area contributed by atoms with Gasteiger partial charge in [0.1, 0.15) is 6.10 Å². The first-order chi connectivity index (χ1) is 10.5. The van der Waals surface area contributed by atoms with Crippen LogP contribution in [0.3, 0.4) is 0 Å². The molecule has 0 aromatic rings. The molecule has 116 valence electrons. The molecule has 6 nitrogen and oxygen atoms in total. The Labute approximate surface area is 122 Å². The molecule has 20 heavy (non-hydrogen) atoms. The van der Waals surface area contributed by atoms with E-state index in [-0.39, 0.29) is 30.3 Å². The second-order valence-electron chi connectivity index (χ2n) is 5.10. The van der Waals surface area contributed by atoms with Crippen molar-refractivity contribution in [3.63, 3.8) is 0 Å². The van der Waals surface area contributed by atoms with Gasteiger partial charge in [-0.2, -0.15) is 0 Å². The van der Waals surface area contributed by atoms with Crippen LogP contribution < -0.4 is 5.32 Å². The standard InChI is InChI=1S/C14H25NO5/c1-17-9-13-10(5-7-20-13)15-14(16)4-3-12-11(18-2)6-8-19-12/h10-13H,3-9H2,1-2H3,(H,15,16)/t10-,11-,12-,13-/m1/s1/i7T,8T/t7-,8-,10+,11+,12+,13+/m0. The molecule has 2 saturated heterocycles. The number of nitrogens with one attached hydrogen (secondary N) is 1. The molecule has 0 bridgehead atoms. The molecule has 1 N–H and O–H groups in total. The summed E-state index contributed by atoms with van der Waals surface area (Å²) in [6.45, 7) is -0.833. The number of carbonyl (C=O) groups is 1. The molecule has 2 aliphatic rings. The van der Waals surface area contributed by atoms with Gasteiger partial charge in [0.2, 0.25) is 5.91 Å². The highest BCUT2D eigenvalue weighted by Crippen LogP contribution is 2.21. The van der Waals surface area contributed by atoms with E-state index in [1.165, 1.54) is 0 Å². The second-order valence-corrected chi connectivity index (χ2v) is 5.10. The third kappa shape index (κ3) is 4.15. The van der Waals surface area contributed by atoms with Crippen molar-refractivity contribution in [2.24, 2.45) is 0 Å². The fourth-order valence-corrected chi connectivity index (χ4v) is 2.57. The molecule has 0 spiro atoms. The first-order valence-electron chi connectivity index (χ1n) is 8.15. The molecule has 2 rings (SSSR count). The quantitative estimate of drug-likeness (QED) is 0.739. The minimum absolute atomic E-state index is 0.101. The van der Waals surface area contributed by atoms with Crippen molar-refractivity contribution in [2.75, 3.05) is 34.0 Å².